The number of hydrogen-bond acceptors (Lipinski definition) is 1. The van der Waals surface area contributed by atoms with Crippen molar-refractivity contribution in [1.82, 2.24) is 0 Å². The third kappa shape index (κ3) is 3.23. The Bertz CT molecular complexity index is 409. The van der Waals surface area contributed by atoms with E-state index < -0.39 is 5.92 Å². The average Bonchev–Trinajstić information content (AvgIpc) is 2.61. The molecule has 1 nitrogen and oxygen atoms in total. The van der Waals surface area contributed by atoms with Gasteiger partial charge in [-0.1, -0.05) is 29.3 Å². The predicted molar refractivity (Wildman–Crippen MR) is 67.2 cm³/mol. The zero-order chi connectivity index (χ0) is 12.5. The van der Waals surface area contributed by atoms with Crippen molar-refractivity contribution >= 4 is 28.9 Å². The summed E-state index contributed by atoms with van der Waals surface area (Å²) in [7, 11) is 0. The van der Waals surface area contributed by atoms with Crippen LogP contribution in [0.3, 0.4) is 0 Å². The third-order valence-electron chi connectivity index (χ3n) is 3.04. The van der Waals surface area contributed by atoms with Gasteiger partial charge in [-0.3, -0.25) is 0 Å². The van der Waals surface area contributed by atoms with Gasteiger partial charge in [-0.2, -0.15) is 0 Å². The van der Waals surface area contributed by atoms with E-state index in [4.69, 9.17) is 23.2 Å². The number of alkyl halides is 2. The molecule has 1 saturated carbocycles. The van der Waals surface area contributed by atoms with Gasteiger partial charge in [0.05, 0.1) is 15.7 Å². The highest BCUT2D eigenvalue weighted by molar-refractivity contribution is 6.43. The van der Waals surface area contributed by atoms with Crippen LogP contribution in [0, 0.1) is 5.92 Å². The van der Waals surface area contributed by atoms with E-state index in [1.54, 1.807) is 18.2 Å². The van der Waals surface area contributed by atoms with E-state index >= 15 is 0 Å². The molecule has 0 aromatic heterocycles. The largest absolute Gasteiger partial charge is 0.384 e. The molecule has 1 aromatic carbocycles. The number of benzene rings is 1. The molecule has 1 aliphatic carbocycles. The van der Waals surface area contributed by atoms with Crippen LogP contribution in [0.4, 0.5) is 14.5 Å². The summed E-state index contributed by atoms with van der Waals surface area (Å²) in [6.45, 7) is 0.510. The summed E-state index contributed by atoms with van der Waals surface area (Å²) in [5.74, 6) is -2.50. The minimum Gasteiger partial charge on any atom is -0.384 e. The quantitative estimate of drug-likeness (QED) is 0.835. The van der Waals surface area contributed by atoms with Crippen LogP contribution in [-0.2, 0) is 0 Å². The van der Waals surface area contributed by atoms with Gasteiger partial charge in [-0.05, 0) is 24.5 Å². The van der Waals surface area contributed by atoms with Gasteiger partial charge in [0.15, 0.2) is 0 Å². The van der Waals surface area contributed by atoms with Crippen molar-refractivity contribution in [3.8, 4) is 0 Å². The van der Waals surface area contributed by atoms with Crippen molar-refractivity contribution in [3.05, 3.63) is 28.2 Å². The van der Waals surface area contributed by atoms with Crippen molar-refractivity contribution < 1.29 is 8.78 Å². The van der Waals surface area contributed by atoms with Gasteiger partial charge in [0.1, 0.15) is 0 Å². The Morgan fingerprint density at radius 3 is 2.76 bits per heavy atom. The number of hydrogen-bond donors (Lipinski definition) is 1. The summed E-state index contributed by atoms with van der Waals surface area (Å²) < 4.78 is 26.0. The van der Waals surface area contributed by atoms with Gasteiger partial charge in [0.2, 0.25) is 5.92 Å². The highest BCUT2D eigenvalue weighted by atomic mass is 35.5. The molecule has 0 spiro atoms. The van der Waals surface area contributed by atoms with Crippen molar-refractivity contribution in [3.63, 3.8) is 0 Å². The first-order chi connectivity index (χ1) is 7.98. The zero-order valence-electron chi connectivity index (χ0n) is 9.15. The molecule has 0 heterocycles. The summed E-state index contributed by atoms with van der Waals surface area (Å²) >= 11 is 11.9. The first kappa shape index (κ1) is 12.9. The topological polar surface area (TPSA) is 12.0 Å². The van der Waals surface area contributed by atoms with Crippen LogP contribution in [0.15, 0.2) is 18.2 Å². The van der Waals surface area contributed by atoms with Gasteiger partial charge in [0, 0.05) is 19.4 Å². The maximum absolute atomic E-state index is 13.0. The van der Waals surface area contributed by atoms with Crippen LogP contribution in [-0.4, -0.2) is 12.5 Å². The standard InChI is InChI=1S/C12H13Cl2F2N/c13-9-2-1-3-10(11(9)14)17-7-8-4-5-12(15,16)6-8/h1-3,8,17H,4-7H2. The highest BCUT2D eigenvalue weighted by Gasteiger charge is 2.39. The Morgan fingerprint density at radius 1 is 1.35 bits per heavy atom. The van der Waals surface area contributed by atoms with E-state index in [-0.39, 0.29) is 18.8 Å². The molecule has 1 unspecified atom stereocenters. The Balaban J connectivity index is 1.93. The van der Waals surface area contributed by atoms with Crippen LogP contribution in [0.5, 0.6) is 0 Å². The zero-order valence-corrected chi connectivity index (χ0v) is 10.7. The Morgan fingerprint density at radius 2 is 2.12 bits per heavy atom. The molecule has 0 bridgehead atoms. The fraction of sp³-hybridized carbons (Fsp3) is 0.500. The van der Waals surface area contributed by atoms with Gasteiger partial charge in [0.25, 0.3) is 0 Å². The first-order valence-electron chi connectivity index (χ1n) is 5.54. The lowest BCUT2D eigenvalue weighted by atomic mass is 10.1. The first-order valence-corrected chi connectivity index (χ1v) is 6.29. The lowest BCUT2D eigenvalue weighted by Crippen LogP contribution is -2.15. The Kier molecular flexibility index (Phi) is 3.79. The predicted octanol–water partition coefficient (Wildman–Crippen LogP) is 4.84. The highest BCUT2D eigenvalue weighted by Crippen LogP contribution is 2.39. The maximum Gasteiger partial charge on any atom is 0.248 e. The second-order valence-electron chi connectivity index (χ2n) is 4.45. The molecule has 17 heavy (non-hydrogen) atoms. The fourth-order valence-electron chi connectivity index (χ4n) is 2.11. The Hall–Kier alpha value is -0.540. The minimum absolute atomic E-state index is 0.0000447. The molecule has 94 valence electrons. The molecule has 1 atom stereocenters. The average molecular weight is 280 g/mol. The number of halogens is 4. The van der Waals surface area contributed by atoms with Crippen LogP contribution in [0.1, 0.15) is 19.3 Å². The van der Waals surface area contributed by atoms with Gasteiger partial charge >= 0.3 is 0 Å². The maximum atomic E-state index is 13.0. The SMILES string of the molecule is FC1(F)CCC(CNc2cccc(Cl)c2Cl)C1. The van der Waals surface area contributed by atoms with E-state index in [0.717, 1.165) is 0 Å². The third-order valence-corrected chi connectivity index (χ3v) is 3.86. The molecular formula is C12H13Cl2F2N. The van der Waals surface area contributed by atoms with E-state index in [2.05, 4.69) is 5.32 Å². The molecule has 0 radical (unpaired) electrons. The molecule has 1 N–H and O–H groups in total. The van der Waals surface area contributed by atoms with Crippen LogP contribution < -0.4 is 5.32 Å². The van der Waals surface area contributed by atoms with Crippen LogP contribution >= 0.6 is 23.2 Å². The molecule has 1 fully saturated rings. The minimum atomic E-state index is -2.50. The van der Waals surface area contributed by atoms with E-state index in [1.807, 2.05) is 0 Å². The van der Waals surface area contributed by atoms with Gasteiger partial charge < -0.3 is 5.32 Å². The summed E-state index contributed by atoms with van der Waals surface area (Å²) in [5.41, 5.74) is 0.703. The van der Waals surface area contributed by atoms with Crippen molar-refractivity contribution in [2.45, 2.75) is 25.2 Å². The summed E-state index contributed by atoms with van der Waals surface area (Å²) in [4.78, 5) is 0. The molecule has 2 rings (SSSR count). The lowest BCUT2D eigenvalue weighted by Gasteiger charge is -2.14. The number of rotatable bonds is 3. The van der Waals surface area contributed by atoms with E-state index in [9.17, 15) is 8.78 Å². The second-order valence-corrected chi connectivity index (χ2v) is 5.23. The number of nitrogens with one attached hydrogen (secondary N) is 1. The summed E-state index contributed by atoms with van der Waals surface area (Å²) in [6.07, 6.45) is 0.499. The summed E-state index contributed by atoms with van der Waals surface area (Å²) in [5, 5.41) is 3.99. The van der Waals surface area contributed by atoms with Crippen molar-refractivity contribution in [2.75, 3.05) is 11.9 Å². The molecule has 0 saturated heterocycles. The van der Waals surface area contributed by atoms with Crippen molar-refractivity contribution in [1.29, 1.82) is 0 Å². The van der Waals surface area contributed by atoms with Crippen molar-refractivity contribution in [2.24, 2.45) is 5.92 Å². The molecular weight excluding hydrogens is 267 g/mol. The second kappa shape index (κ2) is 4.99. The van der Waals surface area contributed by atoms with Crippen LogP contribution in [0.25, 0.3) is 0 Å². The molecule has 0 amide bonds. The Labute approximate surface area is 109 Å². The van der Waals surface area contributed by atoms with E-state index in [1.165, 1.54) is 0 Å². The normalized spacial score (nSPS) is 22.7. The lowest BCUT2D eigenvalue weighted by molar-refractivity contribution is 0.00556. The summed E-state index contributed by atoms with van der Waals surface area (Å²) in [6, 6.07) is 5.26. The van der Waals surface area contributed by atoms with Crippen LogP contribution in [0.2, 0.25) is 10.0 Å². The smallest absolute Gasteiger partial charge is 0.248 e. The number of anilines is 1. The van der Waals surface area contributed by atoms with Gasteiger partial charge in [-0.15, -0.1) is 0 Å². The molecule has 5 heteroatoms. The molecule has 0 aliphatic heterocycles. The monoisotopic (exact) mass is 279 g/mol. The molecule has 1 aromatic rings. The van der Waals surface area contributed by atoms with Gasteiger partial charge in [-0.25, -0.2) is 8.78 Å². The molecule has 1 aliphatic rings. The van der Waals surface area contributed by atoms with E-state index in [0.29, 0.717) is 28.7 Å². The fourth-order valence-corrected chi connectivity index (χ4v) is 2.48.